The molecule has 0 radical (unpaired) electrons. The SMILES string of the molecule is CN1CCC(Nc2cccc(C(=O)O)c2N)CC1. The summed E-state index contributed by atoms with van der Waals surface area (Å²) in [5.74, 6) is -0.987. The van der Waals surface area contributed by atoms with Gasteiger partial charge in [0.2, 0.25) is 0 Å². The molecule has 1 aromatic rings. The predicted molar refractivity (Wildman–Crippen MR) is 72.0 cm³/mol. The Morgan fingerprint density at radius 2 is 2.11 bits per heavy atom. The van der Waals surface area contributed by atoms with Gasteiger partial charge in [-0.15, -0.1) is 0 Å². The number of carbonyl (C=O) groups is 1. The zero-order chi connectivity index (χ0) is 13.1. The van der Waals surface area contributed by atoms with Crippen LogP contribution in [0.5, 0.6) is 0 Å². The molecule has 0 amide bonds. The lowest BCUT2D eigenvalue weighted by molar-refractivity contribution is 0.0698. The van der Waals surface area contributed by atoms with Crippen molar-refractivity contribution in [3.8, 4) is 0 Å². The molecule has 1 aliphatic rings. The van der Waals surface area contributed by atoms with Gasteiger partial charge >= 0.3 is 5.97 Å². The second-order valence-electron chi connectivity index (χ2n) is 4.79. The molecule has 98 valence electrons. The summed E-state index contributed by atoms with van der Waals surface area (Å²) in [6.45, 7) is 2.10. The number of hydrogen-bond acceptors (Lipinski definition) is 4. The number of piperidine rings is 1. The van der Waals surface area contributed by atoms with Gasteiger partial charge in [-0.1, -0.05) is 6.07 Å². The topological polar surface area (TPSA) is 78.6 Å². The van der Waals surface area contributed by atoms with Gasteiger partial charge in [-0.2, -0.15) is 0 Å². The highest BCUT2D eigenvalue weighted by molar-refractivity contribution is 5.97. The molecule has 1 saturated heterocycles. The Bertz CT molecular complexity index is 440. The van der Waals surface area contributed by atoms with Crippen molar-refractivity contribution in [2.45, 2.75) is 18.9 Å². The summed E-state index contributed by atoms with van der Waals surface area (Å²) in [6.07, 6.45) is 2.10. The number of likely N-dealkylation sites (tertiary alicyclic amines) is 1. The number of carboxylic acid groups (broad SMARTS) is 1. The number of nitrogens with one attached hydrogen (secondary N) is 1. The van der Waals surface area contributed by atoms with Crippen molar-refractivity contribution in [2.75, 3.05) is 31.2 Å². The average Bonchev–Trinajstić information content (AvgIpc) is 2.34. The second kappa shape index (κ2) is 5.27. The van der Waals surface area contributed by atoms with E-state index in [9.17, 15) is 4.79 Å². The summed E-state index contributed by atoms with van der Waals surface area (Å²) in [5, 5.41) is 12.4. The van der Waals surface area contributed by atoms with Gasteiger partial charge in [0, 0.05) is 6.04 Å². The molecule has 18 heavy (non-hydrogen) atoms. The minimum atomic E-state index is -0.987. The summed E-state index contributed by atoms with van der Waals surface area (Å²) >= 11 is 0. The Labute approximate surface area is 107 Å². The van der Waals surface area contributed by atoms with E-state index in [-0.39, 0.29) is 5.56 Å². The van der Waals surface area contributed by atoms with Crippen molar-refractivity contribution in [3.05, 3.63) is 23.8 Å². The normalized spacial score (nSPS) is 17.6. The molecule has 1 aliphatic heterocycles. The first-order valence-electron chi connectivity index (χ1n) is 6.15. The highest BCUT2D eigenvalue weighted by atomic mass is 16.4. The maximum atomic E-state index is 11.0. The number of aromatic carboxylic acids is 1. The third kappa shape index (κ3) is 2.73. The van der Waals surface area contributed by atoms with Crippen LogP contribution < -0.4 is 11.1 Å². The summed E-state index contributed by atoms with van der Waals surface area (Å²) in [7, 11) is 2.11. The third-order valence-electron chi connectivity index (χ3n) is 3.41. The van der Waals surface area contributed by atoms with Crippen molar-refractivity contribution < 1.29 is 9.90 Å². The molecule has 4 N–H and O–H groups in total. The summed E-state index contributed by atoms with van der Waals surface area (Å²) in [4.78, 5) is 13.3. The fourth-order valence-corrected chi connectivity index (χ4v) is 2.25. The number of carboxylic acids is 1. The van der Waals surface area contributed by atoms with Crippen molar-refractivity contribution >= 4 is 17.3 Å². The van der Waals surface area contributed by atoms with Crippen LogP contribution in [-0.2, 0) is 0 Å². The Morgan fingerprint density at radius 1 is 1.44 bits per heavy atom. The van der Waals surface area contributed by atoms with E-state index >= 15 is 0 Å². The summed E-state index contributed by atoms with van der Waals surface area (Å²) in [5.41, 5.74) is 7.08. The smallest absolute Gasteiger partial charge is 0.337 e. The van der Waals surface area contributed by atoms with Gasteiger partial charge < -0.3 is 21.1 Å². The van der Waals surface area contributed by atoms with Crippen LogP contribution >= 0.6 is 0 Å². The number of para-hydroxylation sites is 1. The number of hydrogen-bond donors (Lipinski definition) is 3. The molecular weight excluding hydrogens is 230 g/mol. The Balaban J connectivity index is 2.10. The van der Waals surface area contributed by atoms with Gasteiger partial charge in [-0.05, 0) is 45.1 Å². The maximum absolute atomic E-state index is 11.0. The lowest BCUT2D eigenvalue weighted by atomic mass is 10.0. The molecule has 0 spiro atoms. The standard InChI is InChI=1S/C13H19N3O2/c1-16-7-5-9(6-8-16)15-11-4-2-3-10(12(11)14)13(17)18/h2-4,9,15H,5-8,14H2,1H3,(H,17,18). The zero-order valence-corrected chi connectivity index (χ0v) is 10.5. The second-order valence-corrected chi connectivity index (χ2v) is 4.79. The van der Waals surface area contributed by atoms with Crippen molar-refractivity contribution in [1.29, 1.82) is 0 Å². The van der Waals surface area contributed by atoms with Gasteiger partial charge in [0.05, 0.1) is 16.9 Å². The van der Waals surface area contributed by atoms with Crippen molar-refractivity contribution in [1.82, 2.24) is 4.90 Å². The van der Waals surface area contributed by atoms with E-state index < -0.39 is 5.97 Å². The maximum Gasteiger partial charge on any atom is 0.337 e. The quantitative estimate of drug-likeness (QED) is 0.707. The molecule has 5 nitrogen and oxygen atoms in total. The highest BCUT2D eigenvalue weighted by Crippen LogP contribution is 2.25. The number of nitrogen functional groups attached to an aromatic ring is 1. The molecule has 1 aromatic carbocycles. The number of nitrogens with zero attached hydrogens (tertiary/aromatic N) is 1. The first-order chi connectivity index (χ1) is 8.58. The van der Waals surface area contributed by atoms with Crippen molar-refractivity contribution in [2.24, 2.45) is 0 Å². The molecule has 0 unspecified atom stereocenters. The molecule has 1 heterocycles. The number of rotatable bonds is 3. The third-order valence-corrected chi connectivity index (χ3v) is 3.41. The molecule has 0 aliphatic carbocycles. The molecule has 0 aromatic heterocycles. The van der Waals surface area contributed by atoms with E-state index in [2.05, 4.69) is 17.3 Å². The van der Waals surface area contributed by atoms with Gasteiger partial charge in [-0.3, -0.25) is 0 Å². The molecule has 0 bridgehead atoms. The molecule has 5 heteroatoms. The average molecular weight is 249 g/mol. The van der Waals surface area contributed by atoms with Crippen LogP contribution in [0, 0.1) is 0 Å². The molecule has 0 atom stereocenters. The highest BCUT2D eigenvalue weighted by Gasteiger charge is 2.18. The van der Waals surface area contributed by atoms with E-state index in [1.165, 1.54) is 6.07 Å². The lowest BCUT2D eigenvalue weighted by Gasteiger charge is -2.30. The van der Waals surface area contributed by atoms with E-state index in [0.29, 0.717) is 11.7 Å². The molecule has 0 saturated carbocycles. The van der Waals surface area contributed by atoms with Gasteiger partial charge in [-0.25, -0.2) is 4.79 Å². The lowest BCUT2D eigenvalue weighted by Crippen LogP contribution is -2.36. The van der Waals surface area contributed by atoms with Crippen LogP contribution in [0.3, 0.4) is 0 Å². The Morgan fingerprint density at radius 3 is 2.72 bits per heavy atom. The Kier molecular flexibility index (Phi) is 3.72. The molecular formula is C13H19N3O2. The fraction of sp³-hybridized carbons (Fsp3) is 0.462. The largest absolute Gasteiger partial charge is 0.478 e. The number of benzene rings is 1. The van der Waals surface area contributed by atoms with Crippen LogP contribution in [-0.4, -0.2) is 42.2 Å². The molecule has 2 rings (SSSR count). The minimum Gasteiger partial charge on any atom is -0.478 e. The minimum absolute atomic E-state index is 0.160. The monoisotopic (exact) mass is 249 g/mol. The zero-order valence-electron chi connectivity index (χ0n) is 10.5. The van der Waals surface area contributed by atoms with Gasteiger partial charge in [0.1, 0.15) is 0 Å². The van der Waals surface area contributed by atoms with Crippen LogP contribution in [0.25, 0.3) is 0 Å². The number of nitrogens with two attached hydrogens (primary N) is 1. The van der Waals surface area contributed by atoms with E-state index in [0.717, 1.165) is 31.6 Å². The predicted octanol–water partition coefficient (Wildman–Crippen LogP) is 1.47. The first kappa shape index (κ1) is 12.7. The van der Waals surface area contributed by atoms with Crippen molar-refractivity contribution in [3.63, 3.8) is 0 Å². The van der Waals surface area contributed by atoms with Crippen LogP contribution in [0.2, 0.25) is 0 Å². The number of anilines is 2. The van der Waals surface area contributed by atoms with Crippen LogP contribution in [0.4, 0.5) is 11.4 Å². The van der Waals surface area contributed by atoms with E-state index in [1.807, 2.05) is 6.07 Å². The molecule has 1 fully saturated rings. The van der Waals surface area contributed by atoms with Gasteiger partial charge in [0.25, 0.3) is 0 Å². The Hall–Kier alpha value is -1.75. The van der Waals surface area contributed by atoms with Crippen LogP contribution in [0.1, 0.15) is 23.2 Å². The summed E-state index contributed by atoms with van der Waals surface area (Å²) < 4.78 is 0. The van der Waals surface area contributed by atoms with Gasteiger partial charge in [0.15, 0.2) is 0 Å². The van der Waals surface area contributed by atoms with E-state index in [1.54, 1.807) is 6.07 Å². The fourth-order valence-electron chi connectivity index (χ4n) is 2.25. The first-order valence-corrected chi connectivity index (χ1v) is 6.15. The van der Waals surface area contributed by atoms with Crippen LogP contribution in [0.15, 0.2) is 18.2 Å². The van der Waals surface area contributed by atoms with E-state index in [4.69, 9.17) is 10.8 Å². The summed E-state index contributed by atoms with van der Waals surface area (Å²) in [6, 6.07) is 5.45.